The maximum atomic E-state index is 12.5. The summed E-state index contributed by atoms with van der Waals surface area (Å²) in [6, 6.07) is 23.4. The standard InChI is InChI=1S/C26H21ClN6OS/c1-17-6-8-18(9-7-17)25-31-32-26(33(25)21-12-10-20(27)11-13-21)35-16-24(34)30-29-15-19-14-28-23-5-3-2-4-22(19)23/h2-15,28H,16H2,1H3,(H,30,34). The normalized spacial score (nSPS) is 11.4. The number of rotatable bonds is 7. The summed E-state index contributed by atoms with van der Waals surface area (Å²) in [5, 5.41) is 15.2. The smallest absolute Gasteiger partial charge is 0.250 e. The zero-order chi connectivity index (χ0) is 24.2. The van der Waals surface area contributed by atoms with Crippen molar-refractivity contribution in [1.82, 2.24) is 25.2 Å². The lowest BCUT2D eigenvalue weighted by atomic mass is 10.1. The Bertz CT molecular complexity index is 1510. The number of hydrogen-bond donors (Lipinski definition) is 2. The molecule has 35 heavy (non-hydrogen) atoms. The molecule has 3 aromatic carbocycles. The molecule has 2 aromatic heterocycles. The van der Waals surface area contributed by atoms with Crippen molar-refractivity contribution in [3.63, 3.8) is 0 Å². The Labute approximate surface area is 211 Å². The third kappa shape index (κ3) is 5.13. The summed E-state index contributed by atoms with van der Waals surface area (Å²) in [6.45, 7) is 2.04. The van der Waals surface area contributed by atoms with E-state index in [1.807, 2.05) is 90.5 Å². The minimum absolute atomic E-state index is 0.130. The molecular weight excluding hydrogens is 480 g/mol. The van der Waals surface area contributed by atoms with Crippen LogP contribution in [0.1, 0.15) is 11.1 Å². The Hall–Kier alpha value is -3.88. The van der Waals surface area contributed by atoms with Crippen molar-refractivity contribution in [3.8, 4) is 17.1 Å². The molecule has 5 rings (SSSR count). The van der Waals surface area contributed by atoms with Gasteiger partial charge in [-0.15, -0.1) is 10.2 Å². The van der Waals surface area contributed by atoms with Crippen LogP contribution >= 0.6 is 23.4 Å². The Morgan fingerprint density at radius 3 is 2.66 bits per heavy atom. The number of hydrazone groups is 1. The van der Waals surface area contributed by atoms with Gasteiger partial charge in [0, 0.05) is 38.9 Å². The number of amides is 1. The van der Waals surface area contributed by atoms with Gasteiger partial charge in [0.05, 0.1) is 12.0 Å². The molecule has 0 atom stereocenters. The molecule has 2 N–H and O–H groups in total. The van der Waals surface area contributed by atoms with Gasteiger partial charge in [-0.05, 0) is 37.3 Å². The molecule has 2 heterocycles. The average molecular weight is 501 g/mol. The number of nitrogens with one attached hydrogen (secondary N) is 2. The van der Waals surface area contributed by atoms with Crippen LogP contribution in [-0.4, -0.2) is 37.6 Å². The molecule has 0 aliphatic heterocycles. The summed E-state index contributed by atoms with van der Waals surface area (Å²) in [6.07, 6.45) is 3.49. The van der Waals surface area contributed by atoms with Gasteiger partial charge < -0.3 is 4.98 Å². The SMILES string of the molecule is Cc1ccc(-c2nnc(SCC(=O)NN=Cc3c[nH]c4ccccc34)n2-c2ccc(Cl)cc2)cc1. The third-order valence-electron chi connectivity index (χ3n) is 5.37. The van der Waals surface area contributed by atoms with Gasteiger partial charge in [0.25, 0.3) is 5.91 Å². The van der Waals surface area contributed by atoms with Crippen molar-refractivity contribution in [1.29, 1.82) is 0 Å². The number of thioether (sulfide) groups is 1. The van der Waals surface area contributed by atoms with Crippen LogP contribution in [-0.2, 0) is 4.79 Å². The molecule has 0 fully saturated rings. The minimum Gasteiger partial charge on any atom is -0.361 e. The second kappa shape index (κ2) is 10.2. The van der Waals surface area contributed by atoms with Crippen LogP contribution in [0.4, 0.5) is 0 Å². The summed E-state index contributed by atoms with van der Waals surface area (Å²) in [4.78, 5) is 15.7. The molecule has 5 aromatic rings. The Morgan fingerprint density at radius 1 is 1.09 bits per heavy atom. The molecule has 0 bridgehead atoms. The molecule has 0 unspecified atom stereocenters. The van der Waals surface area contributed by atoms with E-state index < -0.39 is 0 Å². The summed E-state index contributed by atoms with van der Waals surface area (Å²) in [7, 11) is 0. The van der Waals surface area contributed by atoms with Gasteiger partial charge in [-0.25, -0.2) is 5.43 Å². The second-order valence-corrected chi connectivity index (χ2v) is 9.23. The topological polar surface area (TPSA) is 88.0 Å². The summed E-state index contributed by atoms with van der Waals surface area (Å²) >= 11 is 7.38. The van der Waals surface area contributed by atoms with E-state index in [0.717, 1.165) is 33.3 Å². The van der Waals surface area contributed by atoms with Crippen LogP contribution in [0.25, 0.3) is 28.0 Å². The van der Waals surface area contributed by atoms with Crippen molar-refractivity contribution in [3.05, 3.63) is 95.1 Å². The van der Waals surface area contributed by atoms with E-state index in [0.29, 0.717) is 16.0 Å². The van der Waals surface area contributed by atoms with Crippen molar-refractivity contribution >= 4 is 46.4 Å². The van der Waals surface area contributed by atoms with Gasteiger partial charge in [-0.2, -0.15) is 5.10 Å². The molecule has 0 spiro atoms. The van der Waals surface area contributed by atoms with E-state index in [-0.39, 0.29) is 11.7 Å². The average Bonchev–Trinajstić information content (AvgIpc) is 3.48. The maximum Gasteiger partial charge on any atom is 0.250 e. The predicted octanol–water partition coefficient (Wildman–Crippen LogP) is 5.62. The third-order valence-corrected chi connectivity index (χ3v) is 6.56. The number of fused-ring (bicyclic) bond motifs is 1. The van der Waals surface area contributed by atoms with Crippen molar-refractivity contribution < 1.29 is 4.79 Å². The van der Waals surface area contributed by atoms with Crippen molar-refractivity contribution in [2.24, 2.45) is 5.10 Å². The van der Waals surface area contributed by atoms with Crippen LogP contribution in [0.3, 0.4) is 0 Å². The number of nitrogens with zero attached hydrogens (tertiary/aromatic N) is 4. The zero-order valence-electron chi connectivity index (χ0n) is 18.8. The molecule has 0 aliphatic rings. The number of para-hydroxylation sites is 1. The molecule has 0 saturated carbocycles. The zero-order valence-corrected chi connectivity index (χ0v) is 20.3. The number of benzene rings is 3. The molecule has 174 valence electrons. The first-order chi connectivity index (χ1) is 17.1. The highest BCUT2D eigenvalue weighted by Gasteiger charge is 2.17. The van der Waals surface area contributed by atoms with E-state index >= 15 is 0 Å². The van der Waals surface area contributed by atoms with Gasteiger partial charge in [0.1, 0.15) is 0 Å². The Kier molecular flexibility index (Phi) is 6.65. The largest absolute Gasteiger partial charge is 0.361 e. The first-order valence-corrected chi connectivity index (χ1v) is 12.2. The molecule has 0 saturated heterocycles. The van der Waals surface area contributed by atoms with Gasteiger partial charge in [0.2, 0.25) is 0 Å². The van der Waals surface area contributed by atoms with E-state index in [9.17, 15) is 4.79 Å². The maximum absolute atomic E-state index is 12.5. The molecule has 7 nitrogen and oxygen atoms in total. The first kappa shape index (κ1) is 22.9. The molecular formula is C26H21ClN6OS. The highest BCUT2D eigenvalue weighted by Crippen LogP contribution is 2.28. The van der Waals surface area contributed by atoms with E-state index in [2.05, 4.69) is 25.7 Å². The molecule has 0 aliphatic carbocycles. The Balaban J connectivity index is 1.32. The van der Waals surface area contributed by atoms with Crippen LogP contribution in [0.5, 0.6) is 0 Å². The lowest BCUT2D eigenvalue weighted by molar-refractivity contribution is -0.118. The number of aromatic amines is 1. The quantitative estimate of drug-likeness (QED) is 0.172. The summed E-state index contributed by atoms with van der Waals surface area (Å²) in [5.74, 6) is 0.575. The number of carbonyl (C=O) groups excluding carboxylic acids is 1. The second-order valence-electron chi connectivity index (χ2n) is 7.86. The fourth-order valence-corrected chi connectivity index (χ4v) is 4.48. The molecule has 1 amide bonds. The Morgan fingerprint density at radius 2 is 1.86 bits per heavy atom. The van der Waals surface area contributed by atoms with E-state index in [1.54, 1.807) is 6.21 Å². The van der Waals surface area contributed by atoms with Crippen LogP contribution in [0.15, 0.2) is 89.3 Å². The monoisotopic (exact) mass is 500 g/mol. The van der Waals surface area contributed by atoms with Gasteiger partial charge in [-0.3, -0.25) is 9.36 Å². The number of aromatic nitrogens is 4. The highest BCUT2D eigenvalue weighted by atomic mass is 35.5. The predicted molar refractivity (Wildman–Crippen MR) is 141 cm³/mol. The van der Waals surface area contributed by atoms with E-state index in [4.69, 9.17) is 11.6 Å². The number of carbonyl (C=O) groups is 1. The fourth-order valence-electron chi connectivity index (χ4n) is 3.61. The molecule has 0 radical (unpaired) electrons. The van der Waals surface area contributed by atoms with Crippen LogP contribution in [0, 0.1) is 6.92 Å². The van der Waals surface area contributed by atoms with Crippen LogP contribution < -0.4 is 5.43 Å². The summed E-state index contributed by atoms with van der Waals surface area (Å²) in [5.41, 5.74) is 7.45. The summed E-state index contributed by atoms with van der Waals surface area (Å²) < 4.78 is 1.92. The van der Waals surface area contributed by atoms with E-state index in [1.165, 1.54) is 11.8 Å². The minimum atomic E-state index is -0.242. The number of hydrogen-bond acceptors (Lipinski definition) is 5. The lowest BCUT2D eigenvalue weighted by Crippen LogP contribution is -2.20. The van der Waals surface area contributed by atoms with Gasteiger partial charge >= 0.3 is 0 Å². The van der Waals surface area contributed by atoms with Crippen LogP contribution in [0.2, 0.25) is 5.02 Å². The fraction of sp³-hybridized carbons (Fsp3) is 0.0769. The van der Waals surface area contributed by atoms with Crippen molar-refractivity contribution in [2.45, 2.75) is 12.1 Å². The molecule has 9 heteroatoms. The number of H-pyrrole nitrogens is 1. The van der Waals surface area contributed by atoms with Crippen molar-refractivity contribution in [2.75, 3.05) is 5.75 Å². The highest BCUT2D eigenvalue weighted by molar-refractivity contribution is 7.99. The van der Waals surface area contributed by atoms with Gasteiger partial charge in [0.15, 0.2) is 11.0 Å². The number of aryl methyl sites for hydroxylation is 1. The number of halogens is 1. The van der Waals surface area contributed by atoms with Gasteiger partial charge in [-0.1, -0.05) is 71.4 Å². The first-order valence-electron chi connectivity index (χ1n) is 10.9. The lowest BCUT2D eigenvalue weighted by Gasteiger charge is -2.10.